The molecule has 1 unspecified atom stereocenters. The summed E-state index contributed by atoms with van der Waals surface area (Å²) < 4.78 is 4.36. The third kappa shape index (κ3) is 3.04. The first-order valence-corrected chi connectivity index (χ1v) is 10.0. The van der Waals surface area contributed by atoms with Gasteiger partial charge in [-0.2, -0.15) is 0 Å². The van der Waals surface area contributed by atoms with E-state index >= 15 is 0 Å². The summed E-state index contributed by atoms with van der Waals surface area (Å²) in [6, 6.07) is 2.60. The molecule has 1 aliphatic carbocycles. The predicted molar refractivity (Wildman–Crippen MR) is 103 cm³/mol. The topological polar surface area (TPSA) is 63.3 Å². The lowest BCUT2D eigenvalue weighted by molar-refractivity contribution is 0.180. The van der Waals surface area contributed by atoms with Crippen LogP contribution in [-0.4, -0.2) is 48.0 Å². The van der Waals surface area contributed by atoms with Crippen LogP contribution in [0.2, 0.25) is 0 Å². The Morgan fingerprint density at radius 2 is 2.04 bits per heavy atom. The number of fused-ring (bicyclic) bond motifs is 1. The molecule has 0 radical (unpaired) electrons. The molecule has 3 aromatic rings. The first-order chi connectivity index (χ1) is 13.3. The van der Waals surface area contributed by atoms with E-state index < -0.39 is 0 Å². The maximum Gasteiger partial charge on any atom is 0.233 e. The normalized spacial score (nSPS) is 21.3. The maximum absolute atomic E-state index is 4.64. The zero-order chi connectivity index (χ0) is 18.3. The van der Waals surface area contributed by atoms with E-state index in [0.29, 0.717) is 11.5 Å². The summed E-state index contributed by atoms with van der Waals surface area (Å²) in [5, 5.41) is 3.52. The lowest BCUT2D eigenvalue weighted by atomic mass is 9.93. The van der Waals surface area contributed by atoms with E-state index in [1.54, 1.807) is 6.20 Å². The molecule has 1 aliphatic heterocycles. The van der Waals surface area contributed by atoms with Gasteiger partial charge in [0, 0.05) is 43.9 Å². The fourth-order valence-corrected chi connectivity index (χ4v) is 4.74. The van der Waals surface area contributed by atoms with Crippen molar-refractivity contribution in [3.8, 4) is 0 Å². The highest BCUT2D eigenvalue weighted by molar-refractivity contribution is 5.30. The average Bonchev–Trinajstić information content (AvgIpc) is 3.06. The zero-order valence-corrected chi connectivity index (χ0v) is 15.9. The van der Waals surface area contributed by atoms with Crippen molar-refractivity contribution < 1.29 is 0 Å². The third-order valence-electron chi connectivity index (χ3n) is 6.40. The van der Waals surface area contributed by atoms with E-state index in [1.807, 2.05) is 18.5 Å². The van der Waals surface area contributed by atoms with Gasteiger partial charge < -0.3 is 9.88 Å². The molecule has 0 bridgehead atoms. The fourth-order valence-electron chi connectivity index (χ4n) is 4.74. The minimum Gasteiger partial charge on any atom is -0.334 e. The first kappa shape index (κ1) is 16.9. The van der Waals surface area contributed by atoms with Crippen LogP contribution >= 0.6 is 0 Å². The number of rotatable bonds is 6. The van der Waals surface area contributed by atoms with Gasteiger partial charge in [-0.1, -0.05) is 0 Å². The molecule has 1 N–H and O–H groups in total. The molecule has 3 aromatic heterocycles. The van der Waals surface area contributed by atoms with Crippen molar-refractivity contribution in [2.75, 3.05) is 13.1 Å². The van der Waals surface area contributed by atoms with Crippen LogP contribution in [0, 0.1) is 5.41 Å². The van der Waals surface area contributed by atoms with E-state index in [-0.39, 0.29) is 0 Å². The van der Waals surface area contributed by atoms with Gasteiger partial charge in [-0.05, 0) is 50.8 Å². The highest BCUT2D eigenvalue weighted by Gasteiger charge is 2.56. The molecular formula is C20H27N7. The van der Waals surface area contributed by atoms with Crippen molar-refractivity contribution in [2.45, 2.75) is 51.9 Å². The summed E-state index contributed by atoms with van der Waals surface area (Å²) >= 11 is 0. The Labute approximate surface area is 159 Å². The zero-order valence-electron chi connectivity index (χ0n) is 15.9. The van der Waals surface area contributed by atoms with Gasteiger partial charge >= 0.3 is 0 Å². The molecule has 2 aliphatic rings. The van der Waals surface area contributed by atoms with E-state index in [0.717, 1.165) is 44.3 Å². The molecule has 2 fully saturated rings. The Balaban J connectivity index is 1.43. The van der Waals surface area contributed by atoms with Gasteiger partial charge in [0.1, 0.15) is 5.82 Å². The highest BCUT2D eigenvalue weighted by atomic mass is 15.3. The number of piperidine rings is 1. The van der Waals surface area contributed by atoms with Crippen molar-refractivity contribution in [3.05, 3.63) is 48.6 Å². The Kier molecular flexibility index (Phi) is 4.21. The number of nitrogens with zero attached hydrogens (tertiary/aromatic N) is 6. The number of nitrogens with one attached hydrogen (secondary N) is 1. The standard InChI is InChI=1S/C20H27N7/c1-2-25-11-9-22-18(25)15-26(17-12-20(17)4-7-21-8-5-20)14-16-13-24-19-23-6-3-10-27(16)19/h3,6,9-11,13,17,21H,2,4-5,7-8,12,14-15H2,1H3. The van der Waals surface area contributed by atoms with E-state index in [1.165, 1.54) is 25.0 Å². The van der Waals surface area contributed by atoms with Crippen molar-refractivity contribution >= 4 is 5.78 Å². The van der Waals surface area contributed by atoms with Crippen molar-refractivity contribution in [2.24, 2.45) is 5.41 Å². The second-order valence-electron chi connectivity index (χ2n) is 7.91. The minimum absolute atomic E-state index is 0.494. The lowest BCUT2D eigenvalue weighted by Crippen LogP contribution is -2.36. The smallest absolute Gasteiger partial charge is 0.233 e. The molecule has 4 heterocycles. The first-order valence-electron chi connectivity index (χ1n) is 10.0. The Morgan fingerprint density at radius 1 is 1.15 bits per heavy atom. The van der Waals surface area contributed by atoms with Gasteiger partial charge in [0.25, 0.3) is 0 Å². The number of aryl methyl sites for hydroxylation is 1. The SMILES string of the molecule is CCn1ccnc1CN(Cc1cnc2ncccn12)C1CC12CCNCC2. The van der Waals surface area contributed by atoms with E-state index in [9.17, 15) is 0 Å². The van der Waals surface area contributed by atoms with Gasteiger partial charge in [0.2, 0.25) is 5.78 Å². The number of hydrogen-bond donors (Lipinski definition) is 1. The molecule has 0 aromatic carbocycles. The molecule has 7 nitrogen and oxygen atoms in total. The molecule has 1 saturated heterocycles. The molecule has 1 spiro atoms. The van der Waals surface area contributed by atoms with Crippen molar-refractivity contribution in [1.29, 1.82) is 0 Å². The Hall–Kier alpha value is -2.25. The lowest BCUT2D eigenvalue weighted by Gasteiger charge is -2.29. The Bertz CT molecular complexity index is 921. The minimum atomic E-state index is 0.494. The van der Waals surface area contributed by atoms with E-state index in [4.69, 9.17) is 0 Å². The van der Waals surface area contributed by atoms with Crippen LogP contribution in [0.4, 0.5) is 0 Å². The van der Waals surface area contributed by atoms with Gasteiger partial charge in [-0.15, -0.1) is 0 Å². The molecule has 1 saturated carbocycles. The van der Waals surface area contributed by atoms with Crippen LogP contribution in [0.5, 0.6) is 0 Å². The fraction of sp³-hybridized carbons (Fsp3) is 0.550. The molecule has 0 amide bonds. The molecule has 7 heteroatoms. The molecule has 142 valence electrons. The maximum atomic E-state index is 4.64. The van der Waals surface area contributed by atoms with Crippen LogP contribution in [0.15, 0.2) is 37.1 Å². The van der Waals surface area contributed by atoms with Crippen LogP contribution in [0.25, 0.3) is 5.78 Å². The monoisotopic (exact) mass is 365 g/mol. The predicted octanol–water partition coefficient (Wildman–Crippen LogP) is 2.09. The van der Waals surface area contributed by atoms with Crippen LogP contribution in [-0.2, 0) is 19.6 Å². The second kappa shape index (κ2) is 6.73. The largest absolute Gasteiger partial charge is 0.334 e. The molecular weight excluding hydrogens is 338 g/mol. The molecule has 27 heavy (non-hydrogen) atoms. The summed E-state index contributed by atoms with van der Waals surface area (Å²) in [4.78, 5) is 16.1. The van der Waals surface area contributed by atoms with Gasteiger partial charge in [-0.3, -0.25) is 9.30 Å². The number of aromatic nitrogens is 5. The highest BCUT2D eigenvalue weighted by Crippen LogP contribution is 2.56. The second-order valence-corrected chi connectivity index (χ2v) is 7.91. The summed E-state index contributed by atoms with van der Waals surface area (Å²) in [6.45, 7) is 7.19. The van der Waals surface area contributed by atoms with Gasteiger partial charge in [-0.25, -0.2) is 15.0 Å². The summed E-state index contributed by atoms with van der Waals surface area (Å²) in [6.07, 6.45) is 13.7. The summed E-state index contributed by atoms with van der Waals surface area (Å²) in [5.41, 5.74) is 1.69. The third-order valence-corrected chi connectivity index (χ3v) is 6.40. The summed E-state index contributed by atoms with van der Waals surface area (Å²) in [7, 11) is 0. The Morgan fingerprint density at radius 3 is 2.89 bits per heavy atom. The molecule has 1 atom stereocenters. The van der Waals surface area contributed by atoms with E-state index in [2.05, 4.69) is 53.5 Å². The van der Waals surface area contributed by atoms with Crippen molar-refractivity contribution in [3.63, 3.8) is 0 Å². The molecule has 5 rings (SSSR count). The quantitative estimate of drug-likeness (QED) is 0.725. The van der Waals surface area contributed by atoms with Gasteiger partial charge in [0.05, 0.1) is 18.4 Å². The number of imidazole rings is 2. The average molecular weight is 365 g/mol. The van der Waals surface area contributed by atoms with Gasteiger partial charge in [0.15, 0.2) is 0 Å². The summed E-state index contributed by atoms with van der Waals surface area (Å²) in [5.74, 6) is 1.93. The van der Waals surface area contributed by atoms with Crippen molar-refractivity contribution in [1.82, 2.24) is 34.1 Å². The number of hydrogen-bond acceptors (Lipinski definition) is 5. The van der Waals surface area contributed by atoms with Crippen LogP contribution < -0.4 is 5.32 Å². The van der Waals surface area contributed by atoms with Crippen LogP contribution in [0.1, 0.15) is 37.7 Å². The van der Waals surface area contributed by atoms with Crippen LogP contribution in [0.3, 0.4) is 0 Å².